The van der Waals surface area contributed by atoms with Crippen LogP contribution in [0.1, 0.15) is 36.3 Å². The summed E-state index contributed by atoms with van der Waals surface area (Å²) in [5.41, 5.74) is 1.75. The first-order valence-corrected chi connectivity index (χ1v) is 6.45. The zero-order valence-electron chi connectivity index (χ0n) is 10.3. The van der Waals surface area contributed by atoms with Crippen molar-refractivity contribution in [2.24, 2.45) is 5.41 Å². The van der Waals surface area contributed by atoms with Gasteiger partial charge in [0.15, 0.2) is 0 Å². The number of rotatable bonds is 4. The number of fused-ring (bicyclic) bond motifs is 1. The van der Waals surface area contributed by atoms with E-state index >= 15 is 0 Å². The minimum absolute atomic E-state index is 0.0286. The number of hydrogen-bond acceptors (Lipinski definition) is 2. The number of benzene rings is 1. The summed E-state index contributed by atoms with van der Waals surface area (Å²) in [4.78, 5) is 11.4. The molecule has 0 aromatic heterocycles. The lowest BCUT2D eigenvalue weighted by atomic mass is 9.80. The van der Waals surface area contributed by atoms with Gasteiger partial charge < -0.3 is 9.84 Å². The van der Waals surface area contributed by atoms with Crippen molar-refractivity contribution in [1.29, 1.82) is 0 Å². The highest BCUT2D eigenvalue weighted by atomic mass is 16.5. The molecule has 1 N–H and O–H groups in total. The first kappa shape index (κ1) is 11.6. The van der Waals surface area contributed by atoms with E-state index in [0.29, 0.717) is 6.42 Å². The molecule has 95 valence electrons. The van der Waals surface area contributed by atoms with Gasteiger partial charge in [-0.25, -0.2) is 0 Å². The molecule has 0 spiro atoms. The molecule has 1 unspecified atom stereocenters. The monoisotopic (exact) mass is 245 g/mol. The quantitative estimate of drug-likeness (QED) is 0.887. The van der Waals surface area contributed by atoms with E-state index in [1.54, 1.807) is 0 Å². The highest BCUT2D eigenvalue weighted by Crippen LogP contribution is 2.57. The zero-order chi connectivity index (χ0) is 12.8. The van der Waals surface area contributed by atoms with Gasteiger partial charge in [0.25, 0.3) is 0 Å². The van der Waals surface area contributed by atoms with Crippen molar-refractivity contribution < 1.29 is 14.6 Å². The fraction of sp³-hybridized carbons (Fsp3) is 0.467. The van der Waals surface area contributed by atoms with Crippen LogP contribution in [-0.2, 0) is 11.2 Å². The molecule has 1 heterocycles. The molecule has 1 aromatic carbocycles. The van der Waals surface area contributed by atoms with Crippen molar-refractivity contribution in [2.75, 3.05) is 6.61 Å². The lowest BCUT2D eigenvalue weighted by Crippen LogP contribution is -2.23. The van der Waals surface area contributed by atoms with Crippen LogP contribution in [0.4, 0.5) is 0 Å². The summed E-state index contributed by atoms with van der Waals surface area (Å²) in [6.45, 7) is 4.68. The third-order valence-corrected chi connectivity index (χ3v) is 4.29. The standard InChI is InChI=1S/C15H17O3/c1-2-12(15(6-7-15)14(16)17)10-3-4-13-11(9-10)5-8-18-13/h3-4,9,12H,1-2,5-8H2,(H,16,17). The molecule has 1 aliphatic heterocycles. The number of carbonyl (C=O) groups is 1. The molecule has 3 heteroatoms. The van der Waals surface area contributed by atoms with Gasteiger partial charge in [0.1, 0.15) is 5.75 Å². The van der Waals surface area contributed by atoms with E-state index in [4.69, 9.17) is 4.74 Å². The Labute approximate surface area is 107 Å². The molecule has 0 amide bonds. The largest absolute Gasteiger partial charge is 0.493 e. The third-order valence-electron chi connectivity index (χ3n) is 4.29. The van der Waals surface area contributed by atoms with E-state index in [2.05, 4.69) is 13.0 Å². The third kappa shape index (κ3) is 1.61. The van der Waals surface area contributed by atoms with Crippen LogP contribution in [-0.4, -0.2) is 17.7 Å². The van der Waals surface area contributed by atoms with Crippen molar-refractivity contribution in [3.63, 3.8) is 0 Å². The molecule has 1 radical (unpaired) electrons. The van der Waals surface area contributed by atoms with Crippen LogP contribution in [0, 0.1) is 12.3 Å². The van der Waals surface area contributed by atoms with E-state index in [-0.39, 0.29) is 5.92 Å². The Kier molecular flexibility index (Phi) is 2.58. The molecular weight excluding hydrogens is 228 g/mol. The number of ether oxygens (including phenoxy) is 1. The van der Waals surface area contributed by atoms with Gasteiger partial charge in [-0.1, -0.05) is 19.1 Å². The predicted molar refractivity (Wildman–Crippen MR) is 67.7 cm³/mol. The van der Waals surface area contributed by atoms with E-state index < -0.39 is 11.4 Å². The van der Waals surface area contributed by atoms with Crippen LogP contribution in [0.2, 0.25) is 0 Å². The molecule has 1 atom stereocenters. The SMILES string of the molecule is [CH2]CC(c1ccc2c(c1)CCO2)C1(C(=O)O)CC1. The highest BCUT2D eigenvalue weighted by Gasteiger charge is 2.55. The maximum absolute atomic E-state index is 11.4. The second-order valence-electron chi connectivity index (χ2n) is 5.27. The molecule has 1 fully saturated rings. The molecule has 0 saturated heterocycles. The highest BCUT2D eigenvalue weighted by molar-refractivity contribution is 5.79. The lowest BCUT2D eigenvalue weighted by Gasteiger charge is -2.23. The number of carboxylic acids is 1. The van der Waals surface area contributed by atoms with E-state index in [1.165, 1.54) is 5.56 Å². The fourth-order valence-corrected chi connectivity index (χ4v) is 3.03. The molecule has 0 bridgehead atoms. The maximum atomic E-state index is 11.4. The summed E-state index contributed by atoms with van der Waals surface area (Å²) >= 11 is 0. The first-order valence-electron chi connectivity index (χ1n) is 6.45. The molecule has 3 nitrogen and oxygen atoms in total. The Morgan fingerprint density at radius 1 is 1.50 bits per heavy atom. The summed E-state index contributed by atoms with van der Waals surface area (Å²) in [6, 6.07) is 6.09. The molecule has 18 heavy (non-hydrogen) atoms. The van der Waals surface area contributed by atoms with Crippen molar-refractivity contribution >= 4 is 5.97 Å². The number of aliphatic carboxylic acids is 1. The fourth-order valence-electron chi connectivity index (χ4n) is 3.03. The summed E-state index contributed by atoms with van der Waals surface area (Å²) in [5.74, 6) is 0.301. The Morgan fingerprint density at radius 3 is 2.89 bits per heavy atom. The lowest BCUT2D eigenvalue weighted by molar-refractivity contribution is -0.144. The van der Waals surface area contributed by atoms with Crippen LogP contribution >= 0.6 is 0 Å². The van der Waals surface area contributed by atoms with E-state index in [1.807, 2.05) is 12.1 Å². The molecule has 1 aromatic rings. The van der Waals surface area contributed by atoms with Gasteiger partial charge in [-0.05, 0) is 36.5 Å². The van der Waals surface area contributed by atoms with Crippen molar-refractivity contribution in [3.05, 3.63) is 36.2 Å². The summed E-state index contributed by atoms with van der Waals surface area (Å²) in [5, 5.41) is 9.41. The Bertz CT molecular complexity index is 489. The van der Waals surface area contributed by atoms with Crippen molar-refractivity contribution in [1.82, 2.24) is 0 Å². The van der Waals surface area contributed by atoms with Gasteiger partial charge in [-0.3, -0.25) is 4.79 Å². The van der Waals surface area contributed by atoms with Gasteiger partial charge in [0, 0.05) is 12.3 Å². The van der Waals surface area contributed by atoms with E-state index in [9.17, 15) is 9.90 Å². The minimum Gasteiger partial charge on any atom is -0.493 e. The molecular formula is C15H17O3. The van der Waals surface area contributed by atoms with Crippen LogP contribution in [0.25, 0.3) is 0 Å². The Morgan fingerprint density at radius 2 is 2.28 bits per heavy atom. The smallest absolute Gasteiger partial charge is 0.310 e. The van der Waals surface area contributed by atoms with E-state index in [0.717, 1.165) is 37.2 Å². The van der Waals surface area contributed by atoms with Gasteiger partial charge in [-0.15, -0.1) is 0 Å². The minimum atomic E-state index is -0.673. The molecule has 3 rings (SSSR count). The second kappa shape index (κ2) is 4.01. The second-order valence-corrected chi connectivity index (χ2v) is 5.27. The van der Waals surface area contributed by atoms with Crippen LogP contribution in [0.5, 0.6) is 5.75 Å². The Balaban J connectivity index is 1.95. The molecule has 1 saturated carbocycles. The summed E-state index contributed by atoms with van der Waals surface area (Å²) < 4.78 is 5.48. The Hall–Kier alpha value is -1.51. The summed E-state index contributed by atoms with van der Waals surface area (Å²) in [6.07, 6.45) is 3.10. The van der Waals surface area contributed by atoms with Crippen LogP contribution in [0.15, 0.2) is 18.2 Å². The average molecular weight is 245 g/mol. The van der Waals surface area contributed by atoms with Crippen molar-refractivity contribution in [2.45, 2.75) is 31.6 Å². The van der Waals surface area contributed by atoms with Gasteiger partial charge in [-0.2, -0.15) is 0 Å². The molecule has 2 aliphatic rings. The van der Waals surface area contributed by atoms with Gasteiger partial charge in [0.05, 0.1) is 12.0 Å². The topological polar surface area (TPSA) is 46.5 Å². The van der Waals surface area contributed by atoms with Crippen molar-refractivity contribution in [3.8, 4) is 5.75 Å². The first-order chi connectivity index (χ1) is 8.67. The number of carboxylic acid groups (broad SMARTS) is 1. The summed E-state index contributed by atoms with van der Waals surface area (Å²) in [7, 11) is 0. The molecule has 1 aliphatic carbocycles. The van der Waals surface area contributed by atoms with Crippen LogP contribution < -0.4 is 4.74 Å². The van der Waals surface area contributed by atoms with Gasteiger partial charge in [0.2, 0.25) is 0 Å². The number of hydrogen-bond donors (Lipinski definition) is 1. The van der Waals surface area contributed by atoms with Crippen LogP contribution in [0.3, 0.4) is 0 Å². The average Bonchev–Trinajstić information content (AvgIpc) is 3.02. The predicted octanol–water partition coefficient (Wildman–Crippen LogP) is 2.79. The van der Waals surface area contributed by atoms with Gasteiger partial charge >= 0.3 is 5.97 Å². The normalized spacial score (nSPS) is 20.9. The zero-order valence-corrected chi connectivity index (χ0v) is 10.3. The maximum Gasteiger partial charge on any atom is 0.310 e.